The van der Waals surface area contributed by atoms with Crippen molar-refractivity contribution in [2.24, 2.45) is 0 Å². The van der Waals surface area contributed by atoms with Crippen LogP contribution < -0.4 is 5.32 Å². The summed E-state index contributed by atoms with van der Waals surface area (Å²) in [6, 6.07) is -0.760. The monoisotopic (exact) mass is 812 g/mol. The van der Waals surface area contributed by atoms with Crippen LogP contribution in [0.5, 0.6) is 0 Å². The number of rotatable bonds is 42. The first-order chi connectivity index (χ1) is 27.0. The third kappa shape index (κ3) is 40.9. The maximum atomic E-state index is 12.9. The van der Waals surface area contributed by atoms with Gasteiger partial charge in [0.1, 0.15) is 13.2 Å². The van der Waals surface area contributed by atoms with Crippen LogP contribution in [0.3, 0.4) is 0 Å². The van der Waals surface area contributed by atoms with Crippen molar-refractivity contribution >= 4 is 13.7 Å². The van der Waals surface area contributed by atoms with Gasteiger partial charge in [0, 0.05) is 6.42 Å². The molecular weight excluding hydrogens is 719 g/mol. The number of likely N-dealkylation sites (N-methyl/N-ethyl adjacent to an activating group) is 1. The summed E-state index contributed by atoms with van der Waals surface area (Å²) in [5, 5.41) is 13.9. The second-order valence-electron chi connectivity index (χ2n) is 17.1. The number of quaternary nitrogens is 1. The van der Waals surface area contributed by atoms with E-state index in [9.17, 15) is 19.4 Å². The van der Waals surface area contributed by atoms with Crippen LogP contribution in [0.1, 0.15) is 206 Å². The Balaban J connectivity index is 4.16. The number of aliphatic hydroxyl groups is 1. The van der Waals surface area contributed by atoms with Crippen molar-refractivity contribution in [1.29, 1.82) is 0 Å². The lowest BCUT2D eigenvalue weighted by atomic mass is 10.0. The van der Waals surface area contributed by atoms with E-state index in [1.165, 1.54) is 128 Å². The Morgan fingerprint density at radius 2 is 1.02 bits per heavy atom. The number of unbranched alkanes of at least 4 members (excludes halogenated alkanes) is 23. The topological polar surface area (TPSA) is 105 Å². The van der Waals surface area contributed by atoms with Crippen LogP contribution in [0.2, 0.25) is 0 Å². The molecule has 0 aliphatic rings. The lowest BCUT2D eigenvalue weighted by Gasteiger charge is -2.26. The Morgan fingerprint density at radius 3 is 1.48 bits per heavy atom. The van der Waals surface area contributed by atoms with Gasteiger partial charge in [0.2, 0.25) is 5.91 Å². The highest BCUT2D eigenvalue weighted by atomic mass is 31.2. The third-order valence-corrected chi connectivity index (χ3v) is 11.4. The molecule has 0 aliphatic carbocycles. The maximum Gasteiger partial charge on any atom is 0.472 e. The molecule has 0 saturated heterocycles. The van der Waals surface area contributed by atoms with Gasteiger partial charge in [-0.2, -0.15) is 0 Å². The Bertz CT molecular complexity index is 1010. The Morgan fingerprint density at radius 1 is 0.607 bits per heavy atom. The highest BCUT2D eigenvalue weighted by molar-refractivity contribution is 7.47. The van der Waals surface area contributed by atoms with Crippen LogP contribution in [0, 0.1) is 0 Å². The number of phosphoric ester groups is 1. The summed E-state index contributed by atoms with van der Waals surface area (Å²) in [5.41, 5.74) is 0. The zero-order chi connectivity index (χ0) is 41.4. The van der Waals surface area contributed by atoms with Crippen LogP contribution in [-0.4, -0.2) is 73.4 Å². The number of amides is 1. The van der Waals surface area contributed by atoms with Crippen molar-refractivity contribution in [3.8, 4) is 0 Å². The van der Waals surface area contributed by atoms with Crippen molar-refractivity contribution < 1.29 is 32.9 Å². The van der Waals surface area contributed by atoms with E-state index in [0.29, 0.717) is 23.9 Å². The molecule has 3 atom stereocenters. The smallest absolute Gasteiger partial charge is 0.391 e. The molecule has 56 heavy (non-hydrogen) atoms. The largest absolute Gasteiger partial charge is 0.472 e. The van der Waals surface area contributed by atoms with E-state index in [2.05, 4.69) is 55.6 Å². The standard InChI is InChI=1S/C47H91N2O6P/c1-6-8-10-12-14-16-17-18-19-20-21-22-23-24-25-26-27-28-29-30-31-33-35-37-39-41-47(51)48-45(44-55-56(52,53)54-43-42-49(3,4)5)46(50)40-38-36-34-32-15-13-11-9-7-2/h17-18,20-21,23-24,45-46,50H,6-16,19,22,25-44H2,1-5H3,(H-,48,51,52,53)/p+1/b18-17-,21-20-,24-23-. The van der Waals surface area contributed by atoms with Crippen LogP contribution in [0.15, 0.2) is 36.5 Å². The first-order valence-electron chi connectivity index (χ1n) is 23.4. The molecule has 3 unspecified atom stereocenters. The van der Waals surface area contributed by atoms with Gasteiger partial charge in [-0.3, -0.25) is 13.8 Å². The van der Waals surface area contributed by atoms with Crippen LogP contribution in [-0.2, 0) is 18.4 Å². The Hall–Kier alpha value is -1.28. The number of allylic oxidation sites excluding steroid dienone is 6. The molecular formula is C47H92N2O6P+. The summed E-state index contributed by atoms with van der Waals surface area (Å²) >= 11 is 0. The molecule has 0 aromatic carbocycles. The number of carbonyl (C=O) groups excluding carboxylic acids is 1. The molecule has 1 amide bonds. The Kier molecular flexibility index (Phi) is 38.3. The predicted molar refractivity (Wildman–Crippen MR) is 240 cm³/mol. The average Bonchev–Trinajstić information content (AvgIpc) is 3.15. The minimum Gasteiger partial charge on any atom is -0.391 e. The lowest BCUT2D eigenvalue weighted by molar-refractivity contribution is -0.870. The lowest BCUT2D eigenvalue weighted by Crippen LogP contribution is -2.46. The van der Waals surface area contributed by atoms with Crippen molar-refractivity contribution in [2.45, 2.75) is 219 Å². The van der Waals surface area contributed by atoms with Gasteiger partial charge in [-0.05, 0) is 51.4 Å². The molecule has 0 aromatic rings. The fraction of sp³-hybridized carbons (Fsp3) is 0.851. The first kappa shape index (κ1) is 54.7. The number of carbonyl (C=O) groups is 1. The molecule has 0 radical (unpaired) electrons. The zero-order valence-corrected chi connectivity index (χ0v) is 38.3. The van der Waals surface area contributed by atoms with E-state index < -0.39 is 20.0 Å². The highest BCUT2D eigenvalue weighted by Gasteiger charge is 2.28. The molecule has 330 valence electrons. The summed E-state index contributed by atoms with van der Waals surface area (Å²) in [6.07, 6.45) is 47.5. The van der Waals surface area contributed by atoms with Crippen LogP contribution in [0.4, 0.5) is 0 Å². The van der Waals surface area contributed by atoms with Gasteiger partial charge in [0.25, 0.3) is 0 Å². The number of nitrogens with zero attached hydrogens (tertiary/aromatic N) is 1. The van der Waals surface area contributed by atoms with Gasteiger partial charge >= 0.3 is 7.82 Å². The third-order valence-electron chi connectivity index (χ3n) is 10.4. The fourth-order valence-corrected chi connectivity index (χ4v) is 7.38. The minimum atomic E-state index is -4.31. The van der Waals surface area contributed by atoms with E-state index in [-0.39, 0.29) is 19.1 Å². The quantitative estimate of drug-likeness (QED) is 0.0245. The fourth-order valence-electron chi connectivity index (χ4n) is 6.64. The molecule has 0 saturated carbocycles. The van der Waals surface area contributed by atoms with Gasteiger partial charge in [0.15, 0.2) is 0 Å². The number of hydrogen-bond acceptors (Lipinski definition) is 5. The Labute approximate surface area is 347 Å². The maximum absolute atomic E-state index is 12.9. The summed E-state index contributed by atoms with van der Waals surface area (Å²) in [7, 11) is 1.61. The molecule has 0 bridgehead atoms. The summed E-state index contributed by atoms with van der Waals surface area (Å²) in [4.78, 5) is 23.1. The number of aliphatic hydroxyl groups excluding tert-OH is 1. The van der Waals surface area contributed by atoms with Crippen molar-refractivity contribution in [2.75, 3.05) is 40.9 Å². The average molecular weight is 812 g/mol. The molecule has 8 nitrogen and oxygen atoms in total. The minimum absolute atomic E-state index is 0.0731. The molecule has 0 heterocycles. The normalized spacial score (nSPS) is 14.6. The van der Waals surface area contributed by atoms with Gasteiger partial charge in [-0.1, -0.05) is 185 Å². The number of nitrogens with one attached hydrogen (secondary N) is 1. The highest BCUT2D eigenvalue weighted by Crippen LogP contribution is 2.43. The van der Waals surface area contributed by atoms with E-state index in [4.69, 9.17) is 9.05 Å². The molecule has 0 spiro atoms. The SMILES string of the molecule is CCCCCCC/C=C\C/C=C\C/C=C\CCCCCCCCCCCCC(=O)NC(COP(=O)(O)OCC[N+](C)(C)C)C(O)CCCCCCCCCCC. The van der Waals surface area contributed by atoms with Crippen molar-refractivity contribution in [3.63, 3.8) is 0 Å². The summed E-state index contributed by atoms with van der Waals surface area (Å²) < 4.78 is 23.6. The van der Waals surface area contributed by atoms with E-state index in [1.807, 2.05) is 21.1 Å². The van der Waals surface area contributed by atoms with Crippen molar-refractivity contribution in [1.82, 2.24) is 5.32 Å². The van der Waals surface area contributed by atoms with Gasteiger partial charge in [-0.15, -0.1) is 0 Å². The van der Waals surface area contributed by atoms with Gasteiger partial charge in [0.05, 0.1) is 39.9 Å². The van der Waals surface area contributed by atoms with E-state index in [0.717, 1.165) is 51.4 Å². The summed E-state index contributed by atoms with van der Waals surface area (Å²) in [6.45, 7) is 4.84. The van der Waals surface area contributed by atoms with Crippen LogP contribution in [0.25, 0.3) is 0 Å². The van der Waals surface area contributed by atoms with Crippen molar-refractivity contribution in [3.05, 3.63) is 36.5 Å². The van der Waals surface area contributed by atoms with E-state index >= 15 is 0 Å². The molecule has 0 rings (SSSR count). The second-order valence-corrected chi connectivity index (χ2v) is 18.6. The summed E-state index contributed by atoms with van der Waals surface area (Å²) in [5.74, 6) is -0.152. The zero-order valence-electron chi connectivity index (χ0n) is 37.4. The first-order valence-corrected chi connectivity index (χ1v) is 24.8. The number of hydrogen-bond donors (Lipinski definition) is 3. The van der Waals surface area contributed by atoms with Crippen LogP contribution >= 0.6 is 7.82 Å². The second kappa shape index (κ2) is 39.2. The predicted octanol–water partition coefficient (Wildman–Crippen LogP) is 13.1. The molecule has 0 fully saturated rings. The van der Waals surface area contributed by atoms with Gasteiger partial charge < -0.3 is 19.8 Å². The van der Waals surface area contributed by atoms with Gasteiger partial charge in [-0.25, -0.2) is 4.57 Å². The molecule has 3 N–H and O–H groups in total. The molecule has 9 heteroatoms. The molecule has 0 aliphatic heterocycles. The number of phosphoric acid groups is 1. The molecule has 0 aromatic heterocycles. The van der Waals surface area contributed by atoms with E-state index in [1.54, 1.807) is 0 Å².